The molecular weight excluding hydrogens is 386 g/mol. The van der Waals surface area contributed by atoms with Gasteiger partial charge < -0.3 is 25.0 Å². The molecule has 0 saturated carbocycles. The Morgan fingerprint density at radius 1 is 0.867 bits per heavy atom. The number of anilines is 1. The second-order valence-corrected chi connectivity index (χ2v) is 6.81. The number of nitrogens with zero attached hydrogens (tertiary/aromatic N) is 1. The molecule has 3 amide bonds. The van der Waals surface area contributed by atoms with Gasteiger partial charge in [-0.3, -0.25) is 14.4 Å². The quantitative estimate of drug-likeness (QED) is 0.658. The third kappa shape index (κ3) is 6.51. The van der Waals surface area contributed by atoms with Crippen molar-refractivity contribution in [1.82, 2.24) is 10.2 Å². The minimum Gasteiger partial charge on any atom is -0.497 e. The molecule has 2 aromatic carbocycles. The average molecular weight is 413 g/mol. The molecule has 8 heteroatoms. The molecule has 30 heavy (non-hydrogen) atoms. The minimum absolute atomic E-state index is 0.154. The zero-order valence-corrected chi connectivity index (χ0v) is 17.6. The molecule has 0 atom stereocenters. The summed E-state index contributed by atoms with van der Waals surface area (Å²) < 4.78 is 10.2. The zero-order chi connectivity index (χ0) is 22.1. The second kappa shape index (κ2) is 10.8. The lowest BCUT2D eigenvalue weighted by atomic mass is 10.1. The van der Waals surface area contributed by atoms with E-state index in [0.717, 1.165) is 0 Å². The Labute approximate surface area is 176 Å². The Balaban J connectivity index is 1.89. The van der Waals surface area contributed by atoms with Crippen molar-refractivity contribution in [3.63, 3.8) is 0 Å². The molecule has 2 aromatic rings. The van der Waals surface area contributed by atoms with Gasteiger partial charge in [0.15, 0.2) is 0 Å². The molecule has 0 bridgehead atoms. The number of hydrogen-bond donors (Lipinski definition) is 2. The fraction of sp³-hybridized carbons (Fsp3) is 0.318. The fourth-order valence-electron chi connectivity index (χ4n) is 2.66. The van der Waals surface area contributed by atoms with E-state index in [0.29, 0.717) is 22.7 Å². The van der Waals surface area contributed by atoms with Gasteiger partial charge in [0.1, 0.15) is 18.0 Å². The third-order valence-electron chi connectivity index (χ3n) is 4.36. The second-order valence-electron chi connectivity index (χ2n) is 6.81. The summed E-state index contributed by atoms with van der Waals surface area (Å²) in [7, 11) is 3.11. The molecule has 0 aliphatic rings. The van der Waals surface area contributed by atoms with Gasteiger partial charge >= 0.3 is 0 Å². The van der Waals surface area contributed by atoms with Gasteiger partial charge in [0, 0.05) is 17.3 Å². The van der Waals surface area contributed by atoms with Crippen LogP contribution in [0.5, 0.6) is 11.5 Å². The number of methoxy groups -OCH3 is 2. The van der Waals surface area contributed by atoms with Crippen molar-refractivity contribution in [3.8, 4) is 11.5 Å². The molecule has 0 spiro atoms. The van der Waals surface area contributed by atoms with E-state index in [4.69, 9.17) is 9.47 Å². The highest BCUT2D eigenvalue weighted by molar-refractivity contribution is 5.98. The summed E-state index contributed by atoms with van der Waals surface area (Å²) in [6.07, 6.45) is 0. The number of nitrogens with one attached hydrogen (secondary N) is 2. The molecule has 0 aromatic heterocycles. The van der Waals surface area contributed by atoms with Crippen molar-refractivity contribution in [1.29, 1.82) is 0 Å². The maximum absolute atomic E-state index is 12.8. The van der Waals surface area contributed by atoms with E-state index in [-0.39, 0.29) is 30.9 Å². The molecule has 0 aliphatic heterocycles. The first kappa shape index (κ1) is 22.7. The molecule has 0 saturated heterocycles. The molecule has 0 unspecified atom stereocenters. The summed E-state index contributed by atoms with van der Waals surface area (Å²) in [5, 5.41) is 5.23. The van der Waals surface area contributed by atoms with E-state index in [1.807, 2.05) is 13.8 Å². The number of carbonyl (C=O) groups is 3. The van der Waals surface area contributed by atoms with Crippen molar-refractivity contribution in [2.45, 2.75) is 19.9 Å². The van der Waals surface area contributed by atoms with Crippen LogP contribution in [0.4, 0.5) is 5.69 Å². The summed E-state index contributed by atoms with van der Waals surface area (Å²) in [5.41, 5.74) is 1.04. The van der Waals surface area contributed by atoms with Crippen molar-refractivity contribution in [3.05, 3.63) is 54.1 Å². The molecule has 2 N–H and O–H groups in total. The molecule has 0 heterocycles. The van der Waals surface area contributed by atoms with Gasteiger partial charge in [0.05, 0.1) is 20.8 Å². The van der Waals surface area contributed by atoms with Gasteiger partial charge in [-0.2, -0.15) is 0 Å². The lowest BCUT2D eigenvalue weighted by Gasteiger charge is -2.26. The summed E-state index contributed by atoms with van der Waals surface area (Å²) in [4.78, 5) is 38.6. The first-order valence-electron chi connectivity index (χ1n) is 9.49. The highest BCUT2D eigenvalue weighted by atomic mass is 16.5. The summed E-state index contributed by atoms with van der Waals surface area (Å²) in [5.74, 6) is 0.256. The average Bonchev–Trinajstić information content (AvgIpc) is 2.76. The van der Waals surface area contributed by atoms with Crippen LogP contribution < -0.4 is 20.1 Å². The first-order valence-corrected chi connectivity index (χ1v) is 9.49. The molecule has 0 aliphatic carbocycles. The van der Waals surface area contributed by atoms with Crippen LogP contribution in [0.15, 0.2) is 48.5 Å². The van der Waals surface area contributed by atoms with E-state index in [2.05, 4.69) is 10.6 Å². The minimum atomic E-state index is -0.421. The predicted molar refractivity (Wildman–Crippen MR) is 114 cm³/mol. The number of ether oxygens (including phenoxy) is 2. The third-order valence-corrected chi connectivity index (χ3v) is 4.36. The van der Waals surface area contributed by atoms with Crippen LogP contribution in [0.1, 0.15) is 24.2 Å². The van der Waals surface area contributed by atoms with Gasteiger partial charge in [0.2, 0.25) is 11.8 Å². The molecule has 8 nitrogen and oxygen atoms in total. The maximum atomic E-state index is 12.8. The molecule has 2 rings (SSSR count). The number of amides is 3. The van der Waals surface area contributed by atoms with Crippen LogP contribution in [0.3, 0.4) is 0 Å². The number of carbonyl (C=O) groups excluding carboxylic acids is 3. The largest absolute Gasteiger partial charge is 0.497 e. The highest BCUT2D eigenvalue weighted by Gasteiger charge is 2.22. The van der Waals surface area contributed by atoms with E-state index in [9.17, 15) is 14.4 Å². The summed E-state index contributed by atoms with van der Waals surface area (Å²) in [6.45, 7) is 3.29. The Morgan fingerprint density at radius 3 is 1.90 bits per heavy atom. The Morgan fingerprint density at radius 2 is 1.40 bits per heavy atom. The lowest BCUT2D eigenvalue weighted by Crippen LogP contribution is -2.45. The van der Waals surface area contributed by atoms with Crippen LogP contribution in [0.2, 0.25) is 0 Å². The lowest BCUT2D eigenvalue weighted by molar-refractivity contribution is -0.124. The van der Waals surface area contributed by atoms with Crippen molar-refractivity contribution in [2.75, 3.05) is 32.6 Å². The van der Waals surface area contributed by atoms with Gasteiger partial charge in [0.25, 0.3) is 5.91 Å². The van der Waals surface area contributed by atoms with Gasteiger partial charge in [-0.05, 0) is 62.4 Å². The van der Waals surface area contributed by atoms with Gasteiger partial charge in [-0.15, -0.1) is 0 Å². The van der Waals surface area contributed by atoms with Gasteiger partial charge in [-0.1, -0.05) is 0 Å². The normalized spacial score (nSPS) is 10.3. The van der Waals surface area contributed by atoms with Crippen LogP contribution in [0.25, 0.3) is 0 Å². The predicted octanol–water partition coefficient (Wildman–Crippen LogP) is 2.31. The topological polar surface area (TPSA) is 97.0 Å². The number of benzene rings is 2. The Bertz CT molecular complexity index is 863. The first-order chi connectivity index (χ1) is 14.3. The smallest absolute Gasteiger partial charge is 0.254 e. The number of rotatable bonds is 9. The van der Waals surface area contributed by atoms with Crippen LogP contribution >= 0.6 is 0 Å². The van der Waals surface area contributed by atoms with Crippen LogP contribution in [-0.2, 0) is 9.59 Å². The van der Waals surface area contributed by atoms with E-state index in [1.165, 1.54) is 4.90 Å². The summed E-state index contributed by atoms with van der Waals surface area (Å²) in [6, 6.07) is 13.3. The van der Waals surface area contributed by atoms with Crippen molar-refractivity contribution in [2.24, 2.45) is 0 Å². The zero-order valence-electron chi connectivity index (χ0n) is 17.6. The van der Waals surface area contributed by atoms with E-state index < -0.39 is 5.91 Å². The molecule has 0 fully saturated rings. The maximum Gasteiger partial charge on any atom is 0.254 e. The van der Waals surface area contributed by atoms with E-state index >= 15 is 0 Å². The monoisotopic (exact) mass is 413 g/mol. The van der Waals surface area contributed by atoms with Crippen LogP contribution in [-0.4, -0.2) is 56.0 Å². The van der Waals surface area contributed by atoms with Gasteiger partial charge in [-0.25, -0.2) is 0 Å². The van der Waals surface area contributed by atoms with Crippen molar-refractivity contribution < 1.29 is 23.9 Å². The molecular formula is C22H27N3O5. The van der Waals surface area contributed by atoms with E-state index in [1.54, 1.807) is 62.8 Å². The summed E-state index contributed by atoms with van der Waals surface area (Å²) >= 11 is 0. The molecule has 0 radical (unpaired) electrons. The molecule has 160 valence electrons. The fourth-order valence-corrected chi connectivity index (χ4v) is 2.66. The Hall–Kier alpha value is -3.55. The standard InChI is InChI=1S/C22H27N3O5/c1-15(2)25(22(28)16-5-9-18(29-3)10-6-16)14-21(27)23-13-20(26)24-17-7-11-19(30-4)12-8-17/h5-12,15H,13-14H2,1-4H3,(H,23,27)(H,24,26). The SMILES string of the molecule is COc1ccc(NC(=O)CNC(=O)CN(C(=O)c2ccc(OC)cc2)C(C)C)cc1. The number of hydrogen-bond acceptors (Lipinski definition) is 5. The highest BCUT2D eigenvalue weighted by Crippen LogP contribution is 2.15. The Kier molecular flexibility index (Phi) is 8.22. The van der Waals surface area contributed by atoms with Crippen LogP contribution in [0, 0.1) is 0 Å². The van der Waals surface area contributed by atoms with Crippen molar-refractivity contribution >= 4 is 23.4 Å².